The standard InChI is InChI=1S/C26H28N6O2/c1-17-4-2-6-23(29-17)25-30-22-5-3-7-24(22)32(25)18-8-9-21-20(14-18)26(33)31(16-28-21)12-10-19-15-27-11-13-34-19/h2,4,6,8-9,14,16,19,27H,3,5,7,10-13,15H2,1H3. The number of benzene rings is 1. The van der Waals surface area contributed by atoms with Crippen molar-refractivity contribution >= 4 is 10.9 Å². The largest absolute Gasteiger partial charge is 0.376 e. The van der Waals surface area contributed by atoms with Crippen LogP contribution in [0.1, 0.15) is 29.9 Å². The fourth-order valence-corrected chi connectivity index (χ4v) is 5.03. The molecule has 0 saturated carbocycles. The molecule has 1 saturated heterocycles. The van der Waals surface area contributed by atoms with E-state index in [9.17, 15) is 4.79 Å². The summed E-state index contributed by atoms with van der Waals surface area (Å²) in [7, 11) is 0. The molecule has 3 aromatic heterocycles. The number of hydrogen-bond acceptors (Lipinski definition) is 6. The van der Waals surface area contributed by atoms with Crippen LogP contribution >= 0.6 is 0 Å². The molecule has 1 aromatic carbocycles. The van der Waals surface area contributed by atoms with Crippen molar-refractivity contribution < 1.29 is 4.74 Å². The Hall–Kier alpha value is -3.36. The van der Waals surface area contributed by atoms with E-state index in [-0.39, 0.29) is 11.7 Å². The molecule has 1 N–H and O–H groups in total. The lowest BCUT2D eigenvalue weighted by molar-refractivity contribution is 0.0209. The number of fused-ring (bicyclic) bond motifs is 2. The predicted molar refractivity (Wildman–Crippen MR) is 130 cm³/mol. The molecular weight excluding hydrogens is 428 g/mol. The maximum Gasteiger partial charge on any atom is 0.261 e. The van der Waals surface area contributed by atoms with Gasteiger partial charge in [0.15, 0.2) is 5.82 Å². The van der Waals surface area contributed by atoms with E-state index in [0.717, 1.165) is 67.4 Å². The van der Waals surface area contributed by atoms with Crippen LogP contribution in [0.3, 0.4) is 0 Å². The molecule has 4 heterocycles. The van der Waals surface area contributed by atoms with Gasteiger partial charge in [0.25, 0.3) is 5.56 Å². The van der Waals surface area contributed by atoms with Crippen molar-refractivity contribution in [2.24, 2.45) is 0 Å². The minimum absolute atomic E-state index is 0.0254. The Morgan fingerprint density at radius 1 is 1.18 bits per heavy atom. The molecule has 34 heavy (non-hydrogen) atoms. The molecule has 1 aliphatic heterocycles. The summed E-state index contributed by atoms with van der Waals surface area (Å²) in [6, 6.07) is 11.9. The summed E-state index contributed by atoms with van der Waals surface area (Å²) in [6.45, 7) is 4.99. The molecule has 8 nitrogen and oxygen atoms in total. The van der Waals surface area contributed by atoms with Crippen LogP contribution in [0.15, 0.2) is 47.5 Å². The van der Waals surface area contributed by atoms with Gasteiger partial charge < -0.3 is 10.1 Å². The molecule has 0 bridgehead atoms. The molecule has 2 aliphatic rings. The SMILES string of the molecule is Cc1cccc(-c2nc3c(n2-c2ccc4ncn(CCC5CNCCO5)c(=O)c4c2)CCC3)n1. The van der Waals surface area contributed by atoms with E-state index in [1.165, 1.54) is 5.69 Å². The van der Waals surface area contributed by atoms with Crippen molar-refractivity contribution in [1.29, 1.82) is 0 Å². The van der Waals surface area contributed by atoms with Gasteiger partial charge in [0.1, 0.15) is 5.69 Å². The zero-order chi connectivity index (χ0) is 23.1. The first-order valence-electron chi connectivity index (χ1n) is 12.0. The van der Waals surface area contributed by atoms with Gasteiger partial charge in [-0.05, 0) is 62.9 Å². The molecule has 174 valence electrons. The van der Waals surface area contributed by atoms with Crippen LogP contribution in [0, 0.1) is 6.92 Å². The van der Waals surface area contributed by atoms with Crippen LogP contribution in [0.4, 0.5) is 0 Å². The number of pyridine rings is 1. The van der Waals surface area contributed by atoms with Gasteiger partial charge in [-0.1, -0.05) is 6.07 Å². The Morgan fingerprint density at radius 3 is 2.97 bits per heavy atom. The van der Waals surface area contributed by atoms with Crippen molar-refractivity contribution in [2.75, 3.05) is 19.7 Å². The summed E-state index contributed by atoms with van der Waals surface area (Å²) in [4.78, 5) is 27.6. The minimum atomic E-state index is -0.0254. The van der Waals surface area contributed by atoms with Gasteiger partial charge in [-0.3, -0.25) is 13.9 Å². The Labute approximate surface area is 197 Å². The average Bonchev–Trinajstić information content (AvgIpc) is 3.46. The van der Waals surface area contributed by atoms with Crippen LogP contribution in [0.5, 0.6) is 0 Å². The highest BCUT2D eigenvalue weighted by molar-refractivity contribution is 5.80. The van der Waals surface area contributed by atoms with E-state index < -0.39 is 0 Å². The number of imidazole rings is 1. The summed E-state index contributed by atoms with van der Waals surface area (Å²) in [5.74, 6) is 0.832. The van der Waals surface area contributed by atoms with Crippen molar-refractivity contribution in [3.05, 3.63) is 70.2 Å². The van der Waals surface area contributed by atoms with Crippen molar-refractivity contribution in [1.82, 2.24) is 29.4 Å². The number of rotatable bonds is 5. The van der Waals surface area contributed by atoms with E-state index >= 15 is 0 Å². The second-order valence-electron chi connectivity index (χ2n) is 9.11. The molecule has 0 radical (unpaired) electrons. The quantitative estimate of drug-likeness (QED) is 0.497. The summed E-state index contributed by atoms with van der Waals surface area (Å²) in [6.07, 6.45) is 5.59. The third-order valence-corrected chi connectivity index (χ3v) is 6.76. The van der Waals surface area contributed by atoms with E-state index in [0.29, 0.717) is 24.1 Å². The number of ether oxygens (including phenoxy) is 1. The fourth-order valence-electron chi connectivity index (χ4n) is 5.03. The van der Waals surface area contributed by atoms with Gasteiger partial charge >= 0.3 is 0 Å². The lowest BCUT2D eigenvalue weighted by atomic mass is 10.2. The smallest absolute Gasteiger partial charge is 0.261 e. The topological polar surface area (TPSA) is 86.9 Å². The zero-order valence-corrected chi connectivity index (χ0v) is 19.3. The van der Waals surface area contributed by atoms with Crippen LogP contribution in [-0.2, 0) is 24.1 Å². The normalized spacial score (nSPS) is 17.9. The summed E-state index contributed by atoms with van der Waals surface area (Å²) in [5, 5.41) is 3.96. The van der Waals surface area contributed by atoms with Gasteiger partial charge in [0.05, 0.1) is 35.6 Å². The first-order valence-corrected chi connectivity index (χ1v) is 12.0. The monoisotopic (exact) mass is 456 g/mol. The maximum atomic E-state index is 13.4. The molecule has 1 fully saturated rings. The molecule has 1 aliphatic carbocycles. The molecule has 6 rings (SSSR count). The van der Waals surface area contributed by atoms with Gasteiger partial charge in [-0.25, -0.2) is 15.0 Å². The number of aryl methyl sites for hydroxylation is 3. The average molecular weight is 457 g/mol. The third kappa shape index (κ3) is 3.82. The molecular formula is C26H28N6O2. The first-order chi connectivity index (χ1) is 16.7. The number of morpholine rings is 1. The predicted octanol–water partition coefficient (Wildman–Crippen LogP) is 2.82. The van der Waals surface area contributed by atoms with Gasteiger partial charge in [-0.2, -0.15) is 0 Å². The Kier molecular flexibility index (Phi) is 5.47. The van der Waals surface area contributed by atoms with E-state index in [1.54, 1.807) is 10.9 Å². The van der Waals surface area contributed by atoms with Crippen molar-refractivity contribution in [3.63, 3.8) is 0 Å². The summed E-state index contributed by atoms with van der Waals surface area (Å²) >= 11 is 0. The lowest BCUT2D eigenvalue weighted by Crippen LogP contribution is -2.39. The van der Waals surface area contributed by atoms with Crippen LogP contribution in [0.25, 0.3) is 28.1 Å². The molecule has 8 heteroatoms. The third-order valence-electron chi connectivity index (χ3n) is 6.76. The highest BCUT2D eigenvalue weighted by atomic mass is 16.5. The zero-order valence-electron chi connectivity index (χ0n) is 19.3. The Morgan fingerprint density at radius 2 is 2.12 bits per heavy atom. The summed E-state index contributed by atoms with van der Waals surface area (Å²) in [5.41, 5.74) is 5.74. The van der Waals surface area contributed by atoms with E-state index in [1.807, 2.05) is 43.3 Å². The highest BCUT2D eigenvalue weighted by Crippen LogP contribution is 2.31. The fraction of sp³-hybridized carbons (Fsp3) is 0.385. The Balaban J connectivity index is 1.41. The van der Waals surface area contributed by atoms with E-state index in [4.69, 9.17) is 14.7 Å². The first kappa shape index (κ1) is 21.2. The molecule has 0 spiro atoms. The minimum Gasteiger partial charge on any atom is -0.376 e. The lowest BCUT2D eigenvalue weighted by Gasteiger charge is -2.23. The maximum absolute atomic E-state index is 13.4. The number of nitrogens with one attached hydrogen (secondary N) is 1. The van der Waals surface area contributed by atoms with Crippen LogP contribution in [0.2, 0.25) is 0 Å². The van der Waals surface area contributed by atoms with Gasteiger partial charge in [0.2, 0.25) is 0 Å². The Bertz CT molecular complexity index is 1420. The van der Waals surface area contributed by atoms with E-state index in [2.05, 4.69) is 14.9 Å². The number of nitrogens with zero attached hydrogens (tertiary/aromatic N) is 5. The second-order valence-corrected chi connectivity index (χ2v) is 9.11. The van der Waals surface area contributed by atoms with Gasteiger partial charge in [0, 0.05) is 36.7 Å². The molecule has 1 atom stereocenters. The molecule has 0 amide bonds. The van der Waals surface area contributed by atoms with Crippen molar-refractivity contribution in [2.45, 2.75) is 45.3 Å². The van der Waals surface area contributed by atoms with Crippen LogP contribution in [-0.4, -0.2) is 49.9 Å². The summed E-state index contributed by atoms with van der Waals surface area (Å²) < 4.78 is 9.67. The number of aromatic nitrogens is 5. The molecule has 4 aromatic rings. The van der Waals surface area contributed by atoms with Gasteiger partial charge in [-0.15, -0.1) is 0 Å². The number of hydrogen-bond donors (Lipinski definition) is 1. The molecule has 1 unspecified atom stereocenters. The van der Waals surface area contributed by atoms with Crippen molar-refractivity contribution in [3.8, 4) is 17.2 Å². The highest BCUT2D eigenvalue weighted by Gasteiger charge is 2.24. The second kappa shape index (κ2) is 8.77. The van der Waals surface area contributed by atoms with Crippen LogP contribution < -0.4 is 10.9 Å².